The first-order valence-electron chi connectivity index (χ1n) is 15.9. The van der Waals surface area contributed by atoms with E-state index in [1.54, 1.807) is 25.8 Å². The van der Waals surface area contributed by atoms with E-state index < -0.39 is 11.9 Å². The number of ketones is 1. The van der Waals surface area contributed by atoms with Crippen LogP contribution in [0.2, 0.25) is 0 Å². The molecule has 0 radical (unpaired) electrons. The normalized spacial score (nSPS) is 16.1. The Labute approximate surface area is 285 Å². The molecule has 0 bridgehead atoms. The summed E-state index contributed by atoms with van der Waals surface area (Å²) in [5.41, 5.74) is 3.89. The van der Waals surface area contributed by atoms with Gasteiger partial charge in [0.1, 0.15) is 16.9 Å². The molecule has 0 aliphatic carbocycles. The van der Waals surface area contributed by atoms with Crippen LogP contribution < -0.4 is 14.4 Å². The second-order valence-corrected chi connectivity index (χ2v) is 12.8. The van der Waals surface area contributed by atoms with E-state index in [1.165, 1.54) is 5.56 Å². The fraction of sp³-hybridized carbons (Fsp3) is 0.351. The van der Waals surface area contributed by atoms with Gasteiger partial charge < -0.3 is 24.6 Å². The van der Waals surface area contributed by atoms with Gasteiger partial charge in [0.15, 0.2) is 5.78 Å². The molecule has 3 aromatic rings. The van der Waals surface area contributed by atoms with Gasteiger partial charge in [-0.05, 0) is 82.6 Å². The number of ether oxygens (including phenoxy) is 2. The number of thioether (sulfide) groups is 1. The highest BCUT2D eigenvalue weighted by Gasteiger charge is 2.36. The maximum absolute atomic E-state index is 12.9. The summed E-state index contributed by atoms with van der Waals surface area (Å²) in [6.07, 6.45) is 4.93. The van der Waals surface area contributed by atoms with Crippen LogP contribution >= 0.6 is 11.8 Å². The Balaban J connectivity index is 0.000000579. The number of amides is 1. The highest BCUT2D eigenvalue weighted by atomic mass is 32.2. The molecular formula is C37H42N2O8S. The first-order valence-corrected chi connectivity index (χ1v) is 16.8. The monoisotopic (exact) mass is 674 g/mol. The number of fused-ring (bicyclic) bond motifs is 1. The molecule has 3 aromatic carbocycles. The van der Waals surface area contributed by atoms with Gasteiger partial charge in [-0.25, -0.2) is 9.59 Å². The second kappa shape index (κ2) is 17.5. The number of rotatable bonds is 12. The molecule has 2 N–H and O–H groups in total. The number of benzene rings is 3. The summed E-state index contributed by atoms with van der Waals surface area (Å²) in [4.78, 5) is 50.0. The van der Waals surface area contributed by atoms with Crippen molar-refractivity contribution in [3.05, 3.63) is 95.6 Å². The number of carbonyl (C=O) groups is 4. The van der Waals surface area contributed by atoms with Crippen LogP contribution in [-0.2, 0) is 14.4 Å². The van der Waals surface area contributed by atoms with Crippen LogP contribution in [0.25, 0.3) is 0 Å². The minimum Gasteiger partial charge on any atom is -0.497 e. The zero-order valence-corrected chi connectivity index (χ0v) is 28.3. The van der Waals surface area contributed by atoms with Crippen LogP contribution in [0.5, 0.6) is 11.5 Å². The molecule has 10 nitrogen and oxygen atoms in total. The SMILES string of the molecule is COc1ccc(OCCCCN2CCC(C(=O)c3ccc(C)cc3)CC2)c(C2Sc3ccccc3N2C(C)=O)c1.O=C(O)/C=C\C(=O)O. The third-order valence-corrected chi connectivity index (χ3v) is 9.50. The van der Waals surface area contributed by atoms with Gasteiger partial charge in [0.2, 0.25) is 5.91 Å². The van der Waals surface area contributed by atoms with Crippen molar-refractivity contribution in [2.24, 2.45) is 5.92 Å². The minimum atomic E-state index is -1.26. The van der Waals surface area contributed by atoms with E-state index in [2.05, 4.69) is 11.0 Å². The molecule has 2 aliphatic rings. The number of methoxy groups -OCH3 is 1. The quantitative estimate of drug-likeness (QED) is 0.123. The maximum Gasteiger partial charge on any atom is 0.328 e. The van der Waals surface area contributed by atoms with Crippen molar-refractivity contribution in [3.63, 3.8) is 0 Å². The van der Waals surface area contributed by atoms with Gasteiger partial charge >= 0.3 is 11.9 Å². The number of Topliss-reactive ketones (excluding diaryl/α,β-unsaturated/α-hetero) is 1. The summed E-state index contributed by atoms with van der Waals surface area (Å²) < 4.78 is 11.8. The molecule has 0 spiro atoms. The molecule has 0 aromatic heterocycles. The van der Waals surface area contributed by atoms with Crippen molar-refractivity contribution in [1.82, 2.24) is 4.90 Å². The lowest BCUT2D eigenvalue weighted by Gasteiger charge is -2.31. The molecule has 11 heteroatoms. The summed E-state index contributed by atoms with van der Waals surface area (Å²) in [6, 6.07) is 21.8. The highest BCUT2D eigenvalue weighted by Crippen LogP contribution is 2.53. The van der Waals surface area contributed by atoms with Crippen molar-refractivity contribution in [1.29, 1.82) is 0 Å². The number of hydrogen-bond donors (Lipinski definition) is 2. The summed E-state index contributed by atoms with van der Waals surface area (Å²) in [6.45, 7) is 7.20. The molecule has 0 saturated carbocycles. The lowest BCUT2D eigenvalue weighted by molar-refractivity contribution is -0.134. The average molecular weight is 675 g/mol. The van der Waals surface area contributed by atoms with Crippen molar-refractivity contribution < 1.29 is 38.9 Å². The van der Waals surface area contributed by atoms with Gasteiger partial charge in [-0.3, -0.25) is 14.5 Å². The first kappa shape index (κ1) is 36.2. The van der Waals surface area contributed by atoms with E-state index in [0.29, 0.717) is 18.8 Å². The Hall–Kier alpha value is -4.61. The van der Waals surface area contributed by atoms with Crippen LogP contribution in [-0.4, -0.2) is 72.1 Å². The van der Waals surface area contributed by atoms with Crippen molar-refractivity contribution >= 4 is 41.1 Å². The topological polar surface area (TPSA) is 134 Å². The highest BCUT2D eigenvalue weighted by molar-refractivity contribution is 8.00. The number of carbonyl (C=O) groups excluding carboxylic acids is 2. The molecule has 2 aliphatic heterocycles. The number of piperidine rings is 1. The Kier molecular flexibility index (Phi) is 13.2. The Morgan fingerprint density at radius 1 is 0.917 bits per heavy atom. The third-order valence-electron chi connectivity index (χ3n) is 8.21. The maximum atomic E-state index is 12.9. The number of nitrogens with zero attached hydrogens (tertiary/aromatic N) is 2. The molecule has 1 saturated heterocycles. The van der Waals surface area contributed by atoms with E-state index >= 15 is 0 Å². The third kappa shape index (κ3) is 9.95. The van der Waals surface area contributed by atoms with Crippen LogP contribution in [0.1, 0.15) is 59.5 Å². The molecule has 1 unspecified atom stereocenters. The molecule has 1 fully saturated rings. The zero-order valence-electron chi connectivity index (χ0n) is 27.5. The van der Waals surface area contributed by atoms with Crippen LogP contribution in [0, 0.1) is 12.8 Å². The largest absolute Gasteiger partial charge is 0.497 e. The Morgan fingerprint density at radius 3 is 2.21 bits per heavy atom. The smallest absolute Gasteiger partial charge is 0.328 e. The van der Waals surface area contributed by atoms with Gasteiger partial charge in [-0.2, -0.15) is 0 Å². The van der Waals surface area contributed by atoms with Gasteiger partial charge in [0.05, 0.1) is 19.4 Å². The van der Waals surface area contributed by atoms with Crippen molar-refractivity contribution in [2.75, 3.05) is 38.3 Å². The van der Waals surface area contributed by atoms with Gasteiger partial charge in [-0.1, -0.05) is 53.7 Å². The lowest BCUT2D eigenvalue weighted by Crippen LogP contribution is -2.37. The molecule has 48 heavy (non-hydrogen) atoms. The van der Waals surface area contributed by atoms with Crippen LogP contribution in [0.15, 0.2) is 83.8 Å². The predicted molar refractivity (Wildman–Crippen MR) is 185 cm³/mol. The van der Waals surface area contributed by atoms with Gasteiger partial charge in [0, 0.05) is 41.0 Å². The average Bonchev–Trinajstić information content (AvgIpc) is 3.48. The lowest BCUT2D eigenvalue weighted by atomic mass is 9.88. The number of aryl methyl sites for hydroxylation is 1. The number of anilines is 1. The second-order valence-electron chi connectivity index (χ2n) is 11.6. The molecule has 254 valence electrons. The number of hydrogen-bond acceptors (Lipinski definition) is 8. The number of para-hydroxylation sites is 1. The van der Waals surface area contributed by atoms with Crippen molar-refractivity contribution in [2.45, 2.75) is 49.8 Å². The van der Waals surface area contributed by atoms with E-state index in [1.807, 2.05) is 72.5 Å². The number of unbranched alkanes of at least 4 members (excludes halogenated alkanes) is 1. The fourth-order valence-corrected chi connectivity index (χ4v) is 7.07. The first-order chi connectivity index (χ1) is 23.1. The zero-order chi connectivity index (χ0) is 34.6. The van der Waals surface area contributed by atoms with Crippen LogP contribution in [0.4, 0.5) is 5.69 Å². The van der Waals surface area contributed by atoms with Gasteiger partial charge in [0.25, 0.3) is 0 Å². The van der Waals surface area contributed by atoms with E-state index in [-0.39, 0.29) is 23.0 Å². The predicted octanol–water partition coefficient (Wildman–Crippen LogP) is 6.63. The van der Waals surface area contributed by atoms with Crippen molar-refractivity contribution in [3.8, 4) is 11.5 Å². The van der Waals surface area contributed by atoms with E-state index in [9.17, 15) is 19.2 Å². The molecule has 2 heterocycles. The molecule has 5 rings (SSSR count). The molecular weight excluding hydrogens is 632 g/mol. The fourth-order valence-electron chi connectivity index (χ4n) is 5.70. The van der Waals surface area contributed by atoms with Gasteiger partial charge in [-0.15, -0.1) is 0 Å². The Bertz CT molecular complexity index is 1600. The minimum absolute atomic E-state index is 0.000515. The number of carboxylic acid groups (broad SMARTS) is 2. The number of carboxylic acids is 2. The van der Waals surface area contributed by atoms with Crippen LogP contribution in [0.3, 0.4) is 0 Å². The number of likely N-dealkylation sites (tertiary alicyclic amines) is 1. The summed E-state index contributed by atoms with van der Waals surface area (Å²) in [5.74, 6) is -0.569. The summed E-state index contributed by atoms with van der Waals surface area (Å²) in [7, 11) is 1.65. The summed E-state index contributed by atoms with van der Waals surface area (Å²) in [5, 5.41) is 15.4. The summed E-state index contributed by atoms with van der Waals surface area (Å²) >= 11 is 1.66. The molecule has 1 atom stereocenters. The molecule has 1 amide bonds. The number of aliphatic carboxylic acids is 2. The Morgan fingerprint density at radius 2 is 1.58 bits per heavy atom. The van der Waals surface area contributed by atoms with E-state index in [0.717, 1.165) is 78.5 Å². The van der Waals surface area contributed by atoms with E-state index in [4.69, 9.17) is 19.7 Å². The standard InChI is InChI=1S/C33H38N2O4S.C4H4O4/c1-23-10-12-25(13-11-23)32(37)26-16-19-34(20-17-26)18-6-7-21-39-30-15-14-27(38-3)22-28(30)33-35(24(2)36)29-8-4-5-9-31(29)40-33;5-3(6)1-2-4(7)8/h4-5,8-15,22,26,33H,6-7,16-21H2,1-3H3;1-2H,(H,5,6)(H,7,8)/b;2-1-.